The van der Waals surface area contributed by atoms with Gasteiger partial charge in [0.25, 0.3) is 0 Å². The van der Waals surface area contributed by atoms with E-state index in [2.05, 4.69) is 0 Å². The van der Waals surface area contributed by atoms with Gasteiger partial charge in [-0.15, -0.1) is 0 Å². The monoisotopic (exact) mass is 466 g/mol. The molecule has 1 fully saturated rings. The van der Waals surface area contributed by atoms with E-state index in [1.807, 2.05) is 4.74 Å². The summed E-state index contributed by atoms with van der Waals surface area (Å²) < 4.78 is 229. The Bertz CT molecular complexity index is 628. The van der Waals surface area contributed by atoms with E-state index in [0.29, 0.717) is 0 Å². The number of hydrogen-bond acceptors (Lipinski definition) is 1. The number of epoxide rings is 1. The van der Waals surface area contributed by atoms with Gasteiger partial charge in [0.15, 0.2) is 0 Å². The van der Waals surface area contributed by atoms with Crippen molar-refractivity contribution in [2.75, 3.05) is 0 Å². The molecule has 0 aliphatic carbocycles. The molecule has 1 nitrogen and oxygen atoms in total. The number of rotatable bonds is 5. The zero-order valence-electron chi connectivity index (χ0n) is 11.7. The van der Waals surface area contributed by atoms with Crippen molar-refractivity contribution in [1.82, 2.24) is 0 Å². The molecule has 28 heavy (non-hydrogen) atoms. The van der Waals surface area contributed by atoms with Crippen LogP contribution in [0.4, 0.5) is 79.0 Å². The molecular weight excluding hydrogens is 466 g/mol. The predicted octanol–water partition coefficient (Wildman–Crippen LogP) is 5.65. The lowest BCUT2D eigenvalue weighted by Crippen LogP contribution is -2.72. The Kier molecular flexibility index (Phi) is 4.80. The summed E-state index contributed by atoms with van der Waals surface area (Å²) >= 11 is 0. The summed E-state index contributed by atoms with van der Waals surface area (Å²) in [7, 11) is 0. The predicted molar refractivity (Wildman–Crippen MR) is 45.6 cm³/mol. The molecule has 1 saturated heterocycles. The Morgan fingerprint density at radius 2 is 0.750 bits per heavy atom. The average molecular weight is 466 g/mol. The summed E-state index contributed by atoms with van der Waals surface area (Å²) in [5.41, 5.74) is 0. The molecule has 0 spiro atoms. The standard InChI is InChI=1S/C9F18O/c10-1(11,3(14,15)5(18,19)8(22,23)24)2(12,13)4(16,17)6(20)7(21,28-6)9(25,26)27. The van der Waals surface area contributed by atoms with Gasteiger partial charge in [-0.3, -0.25) is 4.74 Å². The van der Waals surface area contributed by atoms with E-state index in [-0.39, 0.29) is 0 Å². The van der Waals surface area contributed by atoms with Gasteiger partial charge in [-0.25, -0.2) is 0 Å². The minimum absolute atomic E-state index is 1.99. The molecule has 1 aliphatic heterocycles. The van der Waals surface area contributed by atoms with Crippen molar-refractivity contribution in [1.29, 1.82) is 0 Å². The molecule has 1 heterocycles. The fourth-order valence-electron chi connectivity index (χ4n) is 1.65. The van der Waals surface area contributed by atoms with Crippen molar-refractivity contribution in [2.24, 2.45) is 0 Å². The lowest BCUT2D eigenvalue weighted by Gasteiger charge is -2.39. The summed E-state index contributed by atoms with van der Waals surface area (Å²) in [6.07, 6.45) is -14.8. The molecule has 2 atom stereocenters. The Labute approximate surface area is 139 Å². The number of halogens is 18. The van der Waals surface area contributed by atoms with Crippen LogP contribution in [0, 0.1) is 0 Å². The van der Waals surface area contributed by atoms with Gasteiger partial charge in [-0.05, 0) is 0 Å². The fourth-order valence-corrected chi connectivity index (χ4v) is 1.65. The second-order valence-electron chi connectivity index (χ2n) is 5.16. The summed E-state index contributed by atoms with van der Waals surface area (Å²) in [5, 5.41) is 0. The zero-order chi connectivity index (χ0) is 23.2. The topological polar surface area (TPSA) is 12.5 Å². The van der Waals surface area contributed by atoms with Gasteiger partial charge in [0.2, 0.25) is 0 Å². The molecule has 1 rings (SSSR count). The van der Waals surface area contributed by atoms with E-state index < -0.39 is 53.7 Å². The van der Waals surface area contributed by atoms with Gasteiger partial charge in [0.1, 0.15) is 0 Å². The number of ether oxygens (including phenoxy) is 1. The molecule has 0 aromatic heterocycles. The van der Waals surface area contributed by atoms with Gasteiger partial charge in [-0.1, -0.05) is 0 Å². The molecule has 19 heteroatoms. The molecule has 168 valence electrons. The maximum atomic E-state index is 13.2. The zero-order valence-corrected chi connectivity index (χ0v) is 11.7. The first kappa shape index (κ1) is 24.7. The summed E-state index contributed by atoms with van der Waals surface area (Å²) in [6.45, 7) is 0. The largest absolute Gasteiger partial charge is 0.460 e. The smallest absolute Gasteiger partial charge is 0.286 e. The van der Waals surface area contributed by atoms with Crippen molar-refractivity contribution < 1.29 is 83.8 Å². The van der Waals surface area contributed by atoms with Crippen molar-refractivity contribution in [3.8, 4) is 0 Å². The number of alkyl halides is 18. The van der Waals surface area contributed by atoms with Crippen LogP contribution in [-0.2, 0) is 4.74 Å². The van der Waals surface area contributed by atoms with E-state index in [9.17, 15) is 79.0 Å². The molecule has 0 aromatic carbocycles. The van der Waals surface area contributed by atoms with Gasteiger partial charge >= 0.3 is 53.7 Å². The summed E-state index contributed by atoms with van der Waals surface area (Å²) in [5.74, 6) is -55.1. The van der Waals surface area contributed by atoms with Gasteiger partial charge in [-0.2, -0.15) is 79.0 Å². The highest BCUT2D eigenvalue weighted by Gasteiger charge is 3.03. The molecule has 0 radical (unpaired) electrons. The normalized spacial score (nSPS) is 28.5. The Morgan fingerprint density at radius 1 is 0.429 bits per heavy atom. The van der Waals surface area contributed by atoms with Crippen LogP contribution in [0.15, 0.2) is 0 Å². The first-order valence-electron chi connectivity index (χ1n) is 5.81. The van der Waals surface area contributed by atoms with Crippen LogP contribution in [0.3, 0.4) is 0 Å². The third-order valence-corrected chi connectivity index (χ3v) is 3.36. The van der Waals surface area contributed by atoms with Gasteiger partial charge < -0.3 is 0 Å². The van der Waals surface area contributed by atoms with Crippen molar-refractivity contribution in [3.63, 3.8) is 0 Å². The van der Waals surface area contributed by atoms with Gasteiger partial charge in [0.05, 0.1) is 0 Å². The second-order valence-corrected chi connectivity index (χ2v) is 5.16. The van der Waals surface area contributed by atoms with Crippen molar-refractivity contribution in [3.05, 3.63) is 0 Å². The molecule has 0 bridgehead atoms. The third kappa shape index (κ3) is 2.49. The average Bonchev–Trinajstić information content (AvgIpc) is 3.02. The minimum Gasteiger partial charge on any atom is -0.286 e. The van der Waals surface area contributed by atoms with E-state index in [0.717, 1.165) is 0 Å². The van der Waals surface area contributed by atoms with Crippen molar-refractivity contribution in [2.45, 2.75) is 53.7 Å². The maximum Gasteiger partial charge on any atom is 0.460 e. The van der Waals surface area contributed by atoms with Crippen LogP contribution in [0.1, 0.15) is 0 Å². The molecule has 0 aromatic rings. The van der Waals surface area contributed by atoms with Crippen LogP contribution in [0.5, 0.6) is 0 Å². The van der Waals surface area contributed by atoms with Gasteiger partial charge in [0, 0.05) is 0 Å². The van der Waals surface area contributed by atoms with E-state index in [1.165, 1.54) is 0 Å². The SMILES string of the molecule is FC(F)(F)C(F)(F)C(F)(F)C(F)(F)C(F)(F)C(F)(F)C1(F)OC1(F)C(F)(F)F. The summed E-state index contributed by atoms with van der Waals surface area (Å²) in [4.78, 5) is 0. The van der Waals surface area contributed by atoms with Crippen LogP contribution in [0.25, 0.3) is 0 Å². The molecule has 0 N–H and O–H groups in total. The minimum atomic E-state index is -8.58. The quantitative estimate of drug-likeness (QED) is 0.377. The lowest BCUT2D eigenvalue weighted by atomic mass is 9.90. The van der Waals surface area contributed by atoms with Crippen LogP contribution >= 0.6 is 0 Å². The van der Waals surface area contributed by atoms with Crippen LogP contribution < -0.4 is 0 Å². The van der Waals surface area contributed by atoms with E-state index in [4.69, 9.17) is 0 Å². The fraction of sp³-hybridized carbons (Fsp3) is 1.00. The van der Waals surface area contributed by atoms with Crippen LogP contribution in [-0.4, -0.2) is 53.7 Å². The Hall–Kier alpha value is -1.30. The van der Waals surface area contributed by atoms with E-state index in [1.54, 1.807) is 0 Å². The maximum absolute atomic E-state index is 13.2. The third-order valence-electron chi connectivity index (χ3n) is 3.36. The highest BCUT2D eigenvalue weighted by molar-refractivity contribution is 5.22. The highest BCUT2D eigenvalue weighted by Crippen LogP contribution is 2.71. The second kappa shape index (κ2) is 5.44. The number of hydrogen-bond donors (Lipinski definition) is 0. The molecular formula is C9F18O. The first-order valence-corrected chi connectivity index (χ1v) is 5.81. The Morgan fingerprint density at radius 3 is 1.00 bits per heavy atom. The van der Waals surface area contributed by atoms with Crippen LogP contribution in [0.2, 0.25) is 0 Å². The first-order chi connectivity index (χ1) is 11.7. The highest BCUT2D eigenvalue weighted by atomic mass is 19.4. The molecule has 0 saturated carbocycles. The molecule has 0 amide bonds. The Balaban J connectivity index is 3.57. The molecule has 2 unspecified atom stereocenters. The van der Waals surface area contributed by atoms with Crippen molar-refractivity contribution >= 4 is 0 Å². The summed E-state index contributed by atoms with van der Waals surface area (Å²) in [6, 6.07) is 0. The van der Waals surface area contributed by atoms with E-state index >= 15 is 0 Å². The molecule has 1 aliphatic rings. The lowest BCUT2D eigenvalue weighted by molar-refractivity contribution is -0.447.